The number of benzene rings is 2. The van der Waals surface area contributed by atoms with E-state index >= 15 is 0 Å². The number of carbonyl (C=O) groups excluding carboxylic acids is 2. The molecule has 4 nitrogen and oxygen atoms in total. The van der Waals surface area contributed by atoms with Gasteiger partial charge in [0.15, 0.2) is 11.6 Å². The average molecular weight is 433 g/mol. The van der Waals surface area contributed by atoms with E-state index in [1.54, 1.807) is 0 Å². The van der Waals surface area contributed by atoms with Crippen molar-refractivity contribution in [3.05, 3.63) is 59.7 Å². The van der Waals surface area contributed by atoms with Gasteiger partial charge in [0.05, 0.1) is 0 Å². The maximum absolute atomic E-state index is 13.8. The summed E-state index contributed by atoms with van der Waals surface area (Å²) in [5.74, 6) is 0.183. The standard InChI is InChI=1S/C28H36N2O2/c1-3-5-7-13-19-29-23-17-11-9-15-21(23)28(32)26-25(29)27(31)22-16-10-12-18-24(22)30(26)20-14-8-6-4-2/h9-12,15-18,25-26H,3-8,13-14,19-20H2,1-2H3. The number of hydrogen-bond acceptors (Lipinski definition) is 4. The minimum Gasteiger partial charge on any atom is -0.358 e. The molecule has 0 saturated heterocycles. The molecule has 2 heterocycles. The van der Waals surface area contributed by atoms with Crippen molar-refractivity contribution in [1.82, 2.24) is 0 Å². The van der Waals surface area contributed by atoms with Crippen LogP contribution in [0.15, 0.2) is 48.5 Å². The molecule has 0 spiro atoms. The lowest BCUT2D eigenvalue weighted by Crippen LogP contribution is -2.65. The highest BCUT2D eigenvalue weighted by Gasteiger charge is 2.50. The maximum atomic E-state index is 13.8. The first kappa shape index (κ1) is 22.6. The van der Waals surface area contributed by atoms with E-state index in [1.165, 1.54) is 25.7 Å². The molecule has 32 heavy (non-hydrogen) atoms. The second-order valence-corrected chi connectivity index (χ2v) is 9.16. The smallest absolute Gasteiger partial charge is 0.189 e. The predicted octanol–water partition coefficient (Wildman–Crippen LogP) is 6.29. The van der Waals surface area contributed by atoms with Crippen LogP contribution in [-0.2, 0) is 0 Å². The minimum absolute atomic E-state index is 0.0914. The molecule has 2 unspecified atom stereocenters. The molecule has 170 valence electrons. The quantitative estimate of drug-likeness (QED) is 0.414. The van der Waals surface area contributed by atoms with Crippen molar-refractivity contribution in [1.29, 1.82) is 0 Å². The average Bonchev–Trinajstić information content (AvgIpc) is 2.83. The van der Waals surface area contributed by atoms with E-state index in [0.717, 1.165) is 61.3 Å². The minimum atomic E-state index is -0.444. The van der Waals surface area contributed by atoms with E-state index < -0.39 is 12.1 Å². The van der Waals surface area contributed by atoms with Gasteiger partial charge in [-0.15, -0.1) is 0 Å². The Morgan fingerprint density at radius 1 is 0.594 bits per heavy atom. The summed E-state index contributed by atoms with van der Waals surface area (Å²) in [4.78, 5) is 32.1. The Morgan fingerprint density at radius 3 is 1.41 bits per heavy atom. The molecule has 0 amide bonds. The number of ketones is 2. The van der Waals surface area contributed by atoms with Crippen LogP contribution in [0.1, 0.15) is 85.9 Å². The molecule has 0 saturated carbocycles. The van der Waals surface area contributed by atoms with Gasteiger partial charge in [0.2, 0.25) is 0 Å². The lowest BCUT2D eigenvalue weighted by molar-refractivity contribution is 0.0840. The van der Waals surface area contributed by atoms with E-state index in [-0.39, 0.29) is 11.6 Å². The summed E-state index contributed by atoms with van der Waals surface area (Å²) in [6.07, 6.45) is 9.11. The molecule has 0 radical (unpaired) electrons. The van der Waals surface area contributed by atoms with Gasteiger partial charge in [0.1, 0.15) is 12.1 Å². The fourth-order valence-corrected chi connectivity index (χ4v) is 5.33. The molecule has 2 aromatic carbocycles. The summed E-state index contributed by atoms with van der Waals surface area (Å²) < 4.78 is 0. The van der Waals surface area contributed by atoms with Gasteiger partial charge in [-0.25, -0.2) is 0 Å². The molecule has 0 N–H and O–H groups in total. The van der Waals surface area contributed by atoms with Crippen LogP contribution in [0.25, 0.3) is 0 Å². The third-order valence-corrected chi connectivity index (χ3v) is 6.97. The molecule has 2 aromatic rings. The van der Waals surface area contributed by atoms with E-state index in [4.69, 9.17) is 0 Å². The molecular weight excluding hydrogens is 396 g/mol. The first-order chi connectivity index (χ1) is 15.7. The van der Waals surface area contributed by atoms with Gasteiger partial charge >= 0.3 is 0 Å². The maximum Gasteiger partial charge on any atom is 0.189 e. The Bertz CT molecular complexity index is 876. The third kappa shape index (κ3) is 4.20. The van der Waals surface area contributed by atoms with Crippen molar-refractivity contribution >= 4 is 22.9 Å². The van der Waals surface area contributed by atoms with Crippen molar-refractivity contribution in [3.63, 3.8) is 0 Å². The zero-order valence-electron chi connectivity index (χ0n) is 19.6. The van der Waals surface area contributed by atoms with E-state index in [2.05, 4.69) is 23.6 Å². The summed E-state index contributed by atoms with van der Waals surface area (Å²) in [6.45, 7) is 6.04. The molecular formula is C28H36N2O2. The number of Topliss-reactive ketones (excluding diaryl/α,β-unsaturated/α-hetero) is 2. The van der Waals surface area contributed by atoms with Gasteiger partial charge < -0.3 is 9.80 Å². The number of hydrogen-bond donors (Lipinski definition) is 0. The van der Waals surface area contributed by atoms with Crippen molar-refractivity contribution in [2.24, 2.45) is 0 Å². The van der Waals surface area contributed by atoms with Crippen LogP contribution in [-0.4, -0.2) is 36.7 Å². The lowest BCUT2D eigenvalue weighted by Gasteiger charge is -2.50. The van der Waals surface area contributed by atoms with E-state index in [0.29, 0.717) is 0 Å². The van der Waals surface area contributed by atoms with Crippen LogP contribution in [0, 0.1) is 0 Å². The van der Waals surface area contributed by atoms with Gasteiger partial charge in [-0.05, 0) is 37.1 Å². The molecule has 2 aliphatic rings. The largest absolute Gasteiger partial charge is 0.358 e. The summed E-state index contributed by atoms with van der Waals surface area (Å²) in [6, 6.07) is 14.9. The zero-order chi connectivity index (χ0) is 22.5. The van der Waals surface area contributed by atoms with E-state index in [1.807, 2.05) is 48.5 Å². The lowest BCUT2D eigenvalue weighted by atomic mass is 9.80. The van der Waals surface area contributed by atoms with Crippen molar-refractivity contribution in [2.75, 3.05) is 22.9 Å². The molecule has 4 heteroatoms. The van der Waals surface area contributed by atoms with Crippen LogP contribution in [0.5, 0.6) is 0 Å². The van der Waals surface area contributed by atoms with Crippen molar-refractivity contribution in [3.8, 4) is 0 Å². The molecule has 0 fully saturated rings. The van der Waals surface area contributed by atoms with Gasteiger partial charge in [-0.1, -0.05) is 76.6 Å². The fourth-order valence-electron chi connectivity index (χ4n) is 5.33. The highest BCUT2D eigenvalue weighted by atomic mass is 16.1. The number of para-hydroxylation sites is 2. The molecule has 0 aliphatic carbocycles. The topological polar surface area (TPSA) is 40.6 Å². The zero-order valence-corrected chi connectivity index (χ0v) is 19.6. The first-order valence-corrected chi connectivity index (χ1v) is 12.5. The summed E-state index contributed by atoms with van der Waals surface area (Å²) in [7, 11) is 0. The summed E-state index contributed by atoms with van der Waals surface area (Å²) >= 11 is 0. The Hall–Kier alpha value is -2.62. The third-order valence-electron chi connectivity index (χ3n) is 6.97. The van der Waals surface area contributed by atoms with Crippen LogP contribution in [0.2, 0.25) is 0 Å². The highest BCUT2D eigenvalue weighted by molar-refractivity contribution is 6.19. The Morgan fingerprint density at radius 2 is 1.00 bits per heavy atom. The SMILES string of the molecule is CCCCCCN1c2ccccc2C(=O)C2C1C(=O)c1ccccc1N2CCCCCC. The molecule has 2 aliphatic heterocycles. The monoisotopic (exact) mass is 432 g/mol. The molecule has 0 aromatic heterocycles. The fraction of sp³-hybridized carbons (Fsp3) is 0.500. The van der Waals surface area contributed by atoms with Gasteiger partial charge in [-0.2, -0.15) is 0 Å². The van der Waals surface area contributed by atoms with Gasteiger partial charge in [0, 0.05) is 35.6 Å². The Kier molecular flexibility index (Phi) is 7.29. The summed E-state index contributed by atoms with van der Waals surface area (Å²) in [5, 5.41) is 0. The number of unbranched alkanes of at least 4 members (excludes halogenated alkanes) is 6. The molecule has 4 rings (SSSR count). The second kappa shape index (κ2) is 10.3. The molecule has 0 bridgehead atoms. The van der Waals surface area contributed by atoms with E-state index in [9.17, 15) is 9.59 Å². The van der Waals surface area contributed by atoms with Crippen molar-refractivity contribution < 1.29 is 9.59 Å². The number of fused-ring (bicyclic) bond motifs is 3. The van der Waals surface area contributed by atoms with Crippen molar-refractivity contribution in [2.45, 2.75) is 77.3 Å². The number of carbonyl (C=O) groups is 2. The van der Waals surface area contributed by atoms with Crippen LogP contribution in [0.4, 0.5) is 11.4 Å². The molecule has 2 atom stereocenters. The summed E-state index contributed by atoms with van der Waals surface area (Å²) in [5.41, 5.74) is 3.37. The number of rotatable bonds is 10. The normalized spacial score (nSPS) is 19.6. The van der Waals surface area contributed by atoms with Crippen LogP contribution in [0.3, 0.4) is 0 Å². The predicted molar refractivity (Wildman–Crippen MR) is 132 cm³/mol. The highest BCUT2D eigenvalue weighted by Crippen LogP contribution is 2.41. The van der Waals surface area contributed by atoms with Crippen LogP contribution < -0.4 is 9.80 Å². The first-order valence-electron chi connectivity index (χ1n) is 12.5. The Balaban J connectivity index is 1.74. The number of nitrogens with zero attached hydrogens (tertiary/aromatic N) is 2. The van der Waals surface area contributed by atoms with Gasteiger partial charge in [0.25, 0.3) is 0 Å². The van der Waals surface area contributed by atoms with Gasteiger partial charge in [-0.3, -0.25) is 9.59 Å². The van der Waals surface area contributed by atoms with Crippen LogP contribution >= 0.6 is 0 Å². The Labute approximate surface area is 192 Å². The second-order valence-electron chi connectivity index (χ2n) is 9.16. The number of anilines is 2.